The van der Waals surface area contributed by atoms with Crippen LogP contribution in [0.4, 0.5) is 0 Å². The van der Waals surface area contributed by atoms with E-state index in [4.69, 9.17) is 27.7 Å². The number of alkyl halides is 1. The van der Waals surface area contributed by atoms with Gasteiger partial charge in [-0.2, -0.15) is 4.98 Å². The van der Waals surface area contributed by atoms with Crippen LogP contribution in [0.2, 0.25) is 5.02 Å². The van der Waals surface area contributed by atoms with E-state index in [2.05, 4.69) is 10.1 Å². The summed E-state index contributed by atoms with van der Waals surface area (Å²) in [6, 6.07) is 7.52. The van der Waals surface area contributed by atoms with Crippen molar-refractivity contribution in [2.75, 3.05) is 0 Å². The van der Waals surface area contributed by atoms with Crippen LogP contribution in [0, 0.1) is 0 Å². The zero-order valence-corrected chi connectivity index (χ0v) is 9.29. The average molecular weight is 243 g/mol. The van der Waals surface area contributed by atoms with Crippen LogP contribution in [0.1, 0.15) is 17.3 Å². The lowest BCUT2D eigenvalue weighted by Crippen LogP contribution is -1.90. The van der Waals surface area contributed by atoms with Gasteiger partial charge < -0.3 is 4.52 Å². The monoisotopic (exact) mass is 242 g/mol. The SMILES string of the molecule is ClCc1nc(Cc2ccc(Cl)cc2)no1. The second kappa shape index (κ2) is 4.64. The summed E-state index contributed by atoms with van der Waals surface area (Å²) in [6.45, 7) is 0. The number of halogens is 2. The van der Waals surface area contributed by atoms with E-state index in [0.717, 1.165) is 5.56 Å². The molecule has 0 atom stereocenters. The molecule has 0 fully saturated rings. The van der Waals surface area contributed by atoms with Gasteiger partial charge in [0.05, 0.1) is 0 Å². The molecule has 5 heteroatoms. The van der Waals surface area contributed by atoms with Gasteiger partial charge in [-0.15, -0.1) is 11.6 Å². The van der Waals surface area contributed by atoms with E-state index >= 15 is 0 Å². The summed E-state index contributed by atoms with van der Waals surface area (Å²) in [5.74, 6) is 1.32. The van der Waals surface area contributed by atoms with Crippen LogP contribution in [-0.4, -0.2) is 10.1 Å². The minimum absolute atomic E-state index is 0.244. The van der Waals surface area contributed by atoms with E-state index in [1.165, 1.54) is 0 Å². The molecule has 0 aliphatic carbocycles. The molecule has 3 nitrogen and oxygen atoms in total. The fourth-order valence-corrected chi connectivity index (χ4v) is 1.44. The number of nitrogens with zero attached hydrogens (tertiary/aromatic N) is 2. The highest BCUT2D eigenvalue weighted by Crippen LogP contribution is 2.12. The standard InChI is InChI=1S/C10H8Cl2N2O/c11-6-10-13-9(14-15-10)5-7-1-3-8(12)4-2-7/h1-4H,5-6H2. The lowest BCUT2D eigenvalue weighted by molar-refractivity contribution is 0.385. The minimum atomic E-state index is 0.244. The van der Waals surface area contributed by atoms with Gasteiger partial charge in [0.25, 0.3) is 0 Å². The minimum Gasteiger partial charge on any atom is -0.338 e. The van der Waals surface area contributed by atoms with Gasteiger partial charge in [0.1, 0.15) is 5.88 Å². The highest BCUT2D eigenvalue weighted by molar-refractivity contribution is 6.30. The van der Waals surface area contributed by atoms with Gasteiger partial charge in [0.15, 0.2) is 5.82 Å². The molecular weight excluding hydrogens is 235 g/mol. The topological polar surface area (TPSA) is 38.9 Å². The Hall–Kier alpha value is -1.06. The van der Waals surface area contributed by atoms with Crippen molar-refractivity contribution in [1.29, 1.82) is 0 Å². The van der Waals surface area contributed by atoms with Crippen LogP contribution in [0.5, 0.6) is 0 Å². The number of aromatic nitrogens is 2. The van der Waals surface area contributed by atoms with Crippen LogP contribution in [0.3, 0.4) is 0 Å². The summed E-state index contributed by atoms with van der Waals surface area (Å²) in [7, 11) is 0. The van der Waals surface area contributed by atoms with E-state index in [-0.39, 0.29) is 5.88 Å². The number of benzene rings is 1. The highest BCUT2D eigenvalue weighted by atomic mass is 35.5. The Morgan fingerprint density at radius 3 is 2.53 bits per heavy atom. The molecular formula is C10H8Cl2N2O. The predicted molar refractivity (Wildman–Crippen MR) is 58.1 cm³/mol. The van der Waals surface area contributed by atoms with E-state index < -0.39 is 0 Å². The van der Waals surface area contributed by atoms with Crippen LogP contribution in [0.15, 0.2) is 28.8 Å². The van der Waals surface area contributed by atoms with Crippen LogP contribution in [0.25, 0.3) is 0 Å². The summed E-state index contributed by atoms with van der Waals surface area (Å²) in [4.78, 5) is 4.10. The fraction of sp³-hybridized carbons (Fsp3) is 0.200. The number of rotatable bonds is 3. The van der Waals surface area contributed by atoms with Crippen molar-refractivity contribution >= 4 is 23.2 Å². The molecule has 1 heterocycles. The molecule has 0 bridgehead atoms. The van der Waals surface area contributed by atoms with Gasteiger partial charge in [0.2, 0.25) is 5.89 Å². The van der Waals surface area contributed by atoms with Crippen LogP contribution >= 0.6 is 23.2 Å². The first-order valence-electron chi connectivity index (χ1n) is 4.40. The summed E-state index contributed by atoms with van der Waals surface area (Å²) in [5.41, 5.74) is 1.08. The first-order valence-corrected chi connectivity index (χ1v) is 5.31. The average Bonchev–Trinajstić information content (AvgIpc) is 2.69. The Morgan fingerprint density at radius 2 is 1.93 bits per heavy atom. The number of hydrogen-bond donors (Lipinski definition) is 0. The summed E-state index contributed by atoms with van der Waals surface area (Å²) in [6.07, 6.45) is 0.623. The van der Waals surface area contributed by atoms with E-state index in [9.17, 15) is 0 Å². The predicted octanol–water partition coefficient (Wildman–Crippen LogP) is 3.05. The molecule has 2 rings (SSSR count). The molecule has 1 aromatic carbocycles. The van der Waals surface area contributed by atoms with Crippen molar-refractivity contribution in [3.05, 3.63) is 46.6 Å². The normalized spacial score (nSPS) is 10.5. The molecule has 0 amide bonds. The molecule has 0 unspecified atom stereocenters. The van der Waals surface area contributed by atoms with Crippen LogP contribution in [-0.2, 0) is 12.3 Å². The highest BCUT2D eigenvalue weighted by Gasteiger charge is 2.05. The fourth-order valence-electron chi connectivity index (χ4n) is 1.20. The van der Waals surface area contributed by atoms with Gasteiger partial charge in [-0.05, 0) is 17.7 Å². The van der Waals surface area contributed by atoms with Gasteiger partial charge in [-0.1, -0.05) is 28.9 Å². The summed E-state index contributed by atoms with van der Waals surface area (Å²) < 4.78 is 4.89. The largest absolute Gasteiger partial charge is 0.338 e. The maximum absolute atomic E-state index is 5.77. The second-order valence-corrected chi connectivity index (χ2v) is 3.74. The Labute approximate surface area is 97.0 Å². The molecule has 2 aromatic rings. The van der Waals surface area contributed by atoms with E-state index in [1.807, 2.05) is 24.3 Å². The Kier molecular flexibility index (Phi) is 3.23. The van der Waals surface area contributed by atoms with Crippen LogP contribution < -0.4 is 0 Å². The van der Waals surface area contributed by atoms with Gasteiger partial charge in [-0.3, -0.25) is 0 Å². The second-order valence-electron chi connectivity index (χ2n) is 3.04. The lowest BCUT2D eigenvalue weighted by Gasteiger charge is -1.95. The number of hydrogen-bond acceptors (Lipinski definition) is 3. The maximum atomic E-state index is 5.77. The molecule has 78 valence electrons. The van der Waals surface area contributed by atoms with Crippen molar-refractivity contribution in [2.24, 2.45) is 0 Å². The summed E-state index contributed by atoms with van der Waals surface area (Å²) in [5, 5.41) is 4.52. The third-order valence-corrected chi connectivity index (χ3v) is 2.38. The van der Waals surface area contributed by atoms with E-state index in [0.29, 0.717) is 23.2 Å². The van der Waals surface area contributed by atoms with E-state index in [1.54, 1.807) is 0 Å². The zero-order chi connectivity index (χ0) is 10.7. The Morgan fingerprint density at radius 1 is 1.20 bits per heavy atom. The lowest BCUT2D eigenvalue weighted by atomic mass is 10.1. The van der Waals surface area contributed by atoms with Crippen molar-refractivity contribution in [2.45, 2.75) is 12.3 Å². The first-order chi connectivity index (χ1) is 7.28. The van der Waals surface area contributed by atoms with Gasteiger partial charge in [-0.25, -0.2) is 0 Å². The smallest absolute Gasteiger partial charge is 0.241 e. The first kappa shape index (κ1) is 10.5. The molecule has 0 spiro atoms. The van der Waals surface area contributed by atoms with Crippen molar-refractivity contribution in [3.63, 3.8) is 0 Å². The Balaban J connectivity index is 2.11. The molecule has 15 heavy (non-hydrogen) atoms. The molecule has 0 aliphatic rings. The third-order valence-electron chi connectivity index (χ3n) is 1.90. The van der Waals surface area contributed by atoms with Gasteiger partial charge in [0, 0.05) is 11.4 Å². The Bertz CT molecular complexity index is 439. The summed E-state index contributed by atoms with van der Waals surface area (Å²) >= 11 is 11.3. The van der Waals surface area contributed by atoms with Crippen molar-refractivity contribution in [1.82, 2.24) is 10.1 Å². The van der Waals surface area contributed by atoms with Crippen molar-refractivity contribution < 1.29 is 4.52 Å². The zero-order valence-electron chi connectivity index (χ0n) is 7.78. The molecule has 0 radical (unpaired) electrons. The quantitative estimate of drug-likeness (QED) is 0.777. The molecule has 0 aliphatic heterocycles. The van der Waals surface area contributed by atoms with Gasteiger partial charge >= 0.3 is 0 Å². The molecule has 0 N–H and O–H groups in total. The molecule has 0 saturated heterocycles. The maximum Gasteiger partial charge on any atom is 0.241 e. The molecule has 0 saturated carbocycles. The third kappa shape index (κ3) is 2.70. The molecule has 1 aromatic heterocycles. The van der Waals surface area contributed by atoms with Crippen molar-refractivity contribution in [3.8, 4) is 0 Å².